The molecule has 24 heavy (non-hydrogen) atoms. The zero-order valence-corrected chi connectivity index (χ0v) is 13.1. The predicted molar refractivity (Wildman–Crippen MR) is 87.6 cm³/mol. The highest BCUT2D eigenvalue weighted by molar-refractivity contribution is 5.84. The fourth-order valence-electron chi connectivity index (χ4n) is 2.70. The van der Waals surface area contributed by atoms with E-state index in [2.05, 4.69) is 15.2 Å². The second kappa shape index (κ2) is 5.45. The van der Waals surface area contributed by atoms with Crippen LogP contribution in [0.25, 0.3) is 27.8 Å². The summed E-state index contributed by atoms with van der Waals surface area (Å²) >= 11 is 0. The summed E-state index contributed by atoms with van der Waals surface area (Å²) in [5.74, 6) is 0.0583. The van der Waals surface area contributed by atoms with Crippen LogP contribution in [0, 0.1) is 5.82 Å². The van der Waals surface area contributed by atoms with Crippen molar-refractivity contribution in [2.24, 2.45) is 7.05 Å². The minimum atomic E-state index is -0.381. The number of ether oxygens (including phenoxy) is 1. The van der Waals surface area contributed by atoms with E-state index in [9.17, 15) is 4.39 Å². The van der Waals surface area contributed by atoms with Crippen molar-refractivity contribution in [2.75, 3.05) is 7.11 Å². The molecule has 0 fully saturated rings. The van der Waals surface area contributed by atoms with Crippen LogP contribution in [0.4, 0.5) is 4.39 Å². The summed E-state index contributed by atoms with van der Waals surface area (Å²) in [6.07, 6.45) is 6.97. The van der Waals surface area contributed by atoms with E-state index < -0.39 is 0 Å². The van der Waals surface area contributed by atoms with Crippen LogP contribution in [0.1, 0.15) is 0 Å². The number of benzene rings is 1. The third kappa shape index (κ3) is 2.21. The molecule has 0 amide bonds. The molecule has 3 aromatic heterocycles. The number of fused-ring (bicyclic) bond motifs is 1. The summed E-state index contributed by atoms with van der Waals surface area (Å²) in [5, 5.41) is 9.40. The molecule has 0 spiro atoms. The third-order valence-corrected chi connectivity index (χ3v) is 3.84. The Morgan fingerprint density at radius 3 is 2.75 bits per heavy atom. The average molecular weight is 323 g/mol. The Bertz CT molecular complexity index is 1040. The first kappa shape index (κ1) is 14.4. The van der Waals surface area contributed by atoms with Gasteiger partial charge in [0.1, 0.15) is 17.3 Å². The van der Waals surface area contributed by atoms with Crippen molar-refractivity contribution in [3.8, 4) is 22.7 Å². The van der Waals surface area contributed by atoms with E-state index in [0.717, 1.165) is 16.6 Å². The molecule has 0 radical (unpaired) electrons. The molecule has 7 heteroatoms. The molecule has 0 atom stereocenters. The van der Waals surface area contributed by atoms with Gasteiger partial charge in [0.15, 0.2) is 0 Å². The maximum Gasteiger partial charge on any atom is 0.136 e. The Labute approximate surface area is 137 Å². The molecule has 4 aromatic rings. The summed E-state index contributed by atoms with van der Waals surface area (Å²) in [7, 11) is 3.35. The number of hydrogen-bond donors (Lipinski definition) is 0. The molecule has 1 aromatic carbocycles. The Balaban J connectivity index is 1.93. The van der Waals surface area contributed by atoms with Gasteiger partial charge < -0.3 is 4.74 Å². The highest BCUT2D eigenvalue weighted by Gasteiger charge is 2.15. The number of rotatable bonds is 3. The van der Waals surface area contributed by atoms with Crippen molar-refractivity contribution in [1.82, 2.24) is 24.5 Å². The molecule has 0 aliphatic rings. The lowest BCUT2D eigenvalue weighted by Crippen LogP contribution is -1.97. The summed E-state index contributed by atoms with van der Waals surface area (Å²) < 4.78 is 23.0. The number of aromatic nitrogens is 5. The Morgan fingerprint density at radius 1 is 1.12 bits per heavy atom. The Kier molecular flexibility index (Phi) is 3.26. The number of nitrogens with zero attached hydrogens (tertiary/aromatic N) is 5. The van der Waals surface area contributed by atoms with E-state index in [1.165, 1.54) is 13.2 Å². The summed E-state index contributed by atoms with van der Waals surface area (Å²) in [6, 6.07) is 6.51. The summed E-state index contributed by atoms with van der Waals surface area (Å²) in [6.45, 7) is 0. The van der Waals surface area contributed by atoms with Crippen molar-refractivity contribution in [3.05, 3.63) is 54.9 Å². The van der Waals surface area contributed by atoms with Gasteiger partial charge in [0.25, 0.3) is 0 Å². The van der Waals surface area contributed by atoms with E-state index in [-0.39, 0.29) is 5.82 Å². The van der Waals surface area contributed by atoms with Crippen molar-refractivity contribution in [1.29, 1.82) is 0 Å². The third-order valence-electron chi connectivity index (χ3n) is 3.84. The number of hydrogen-bond acceptors (Lipinski definition) is 4. The first-order chi connectivity index (χ1) is 11.7. The number of methoxy groups -OCH3 is 1. The lowest BCUT2D eigenvalue weighted by molar-refractivity contribution is 0.413. The SMILES string of the molecule is COc1cccc(F)c1-c1cc2c(cn1)cnn2-c1cnn(C)c1. The fourth-order valence-corrected chi connectivity index (χ4v) is 2.70. The normalized spacial score (nSPS) is 11.1. The van der Waals surface area contributed by atoms with Gasteiger partial charge in [0.2, 0.25) is 0 Å². The van der Waals surface area contributed by atoms with Gasteiger partial charge in [-0.05, 0) is 18.2 Å². The van der Waals surface area contributed by atoms with Gasteiger partial charge in [0, 0.05) is 18.6 Å². The molecule has 0 N–H and O–H groups in total. The number of aryl methyl sites for hydroxylation is 1. The topological polar surface area (TPSA) is 57.8 Å². The first-order valence-electron chi connectivity index (χ1n) is 7.33. The molecule has 0 saturated carbocycles. The highest BCUT2D eigenvalue weighted by Crippen LogP contribution is 2.32. The van der Waals surface area contributed by atoms with Crippen LogP contribution in [0.2, 0.25) is 0 Å². The monoisotopic (exact) mass is 323 g/mol. The van der Waals surface area contributed by atoms with Gasteiger partial charge >= 0.3 is 0 Å². The van der Waals surface area contributed by atoms with Gasteiger partial charge in [0.05, 0.1) is 42.5 Å². The predicted octanol–water partition coefficient (Wildman–Crippen LogP) is 2.97. The van der Waals surface area contributed by atoms with Crippen molar-refractivity contribution in [3.63, 3.8) is 0 Å². The van der Waals surface area contributed by atoms with E-state index in [0.29, 0.717) is 17.0 Å². The minimum absolute atomic E-state index is 0.334. The molecule has 0 bridgehead atoms. The number of pyridine rings is 1. The van der Waals surface area contributed by atoms with E-state index in [1.54, 1.807) is 46.2 Å². The maximum atomic E-state index is 14.3. The fraction of sp³-hybridized carbons (Fsp3) is 0.118. The quantitative estimate of drug-likeness (QED) is 0.581. The van der Waals surface area contributed by atoms with E-state index in [4.69, 9.17) is 4.74 Å². The average Bonchev–Trinajstić information content (AvgIpc) is 3.19. The second-order valence-electron chi connectivity index (χ2n) is 5.37. The summed E-state index contributed by atoms with van der Waals surface area (Å²) in [5.41, 5.74) is 2.47. The molecule has 0 saturated heterocycles. The van der Waals surface area contributed by atoms with Crippen LogP contribution < -0.4 is 4.74 Å². The van der Waals surface area contributed by atoms with Gasteiger partial charge in [-0.1, -0.05) is 6.07 Å². The zero-order chi connectivity index (χ0) is 16.7. The molecule has 4 rings (SSSR count). The van der Waals surface area contributed by atoms with Crippen molar-refractivity contribution in [2.45, 2.75) is 0 Å². The van der Waals surface area contributed by atoms with Crippen LogP contribution >= 0.6 is 0 Å². The Hall–Kier alpha value is -3.22. The van der Waals surface area contributed by atoms with Crippen LogP contribution in [0.3, 0.4) is 0 Å². The zero-order valence-electron chi connectivity index (χ0n) is 13.1. The molecule has 0 aliphatic heterocycles. The van der Waals surface area contributed by atoms with Crippen molar-refractivity contribution >= 4 is 10.9 Å². The number of halogens is 1. The van der Waals surface area contributed by atoms with Crippen LogP contribution in [-0.4, -0.2) is 31.7 Å². The largest absolute Gasteiger partial charge is 0.496 e. The molecular weight excluding hydrogens is 309 g/mol. The Morgan fingerprint density at radius 2 is 2.00 bits per heavy atom. The lowest BCUT2D eigenvalue weighted by atomic mass is 10.1. The van der Waals surface area contributed by atoms with E-state index >= 15 is 0 Å². The van der Waals surface area contributed by atoms with Crippen LogP contribution in [0.15, 0.2) is 49.1 Å². The van der Waals surface area contributed by atoms with Gasteiger partial charge in [-0.2, -0.15) is 10.2 Å². The molecular formula is C17H14FN5O. The minimum Gasteiger partial charge on any atom is -0.496 e. The van der Waals surface area contributed by atoms with Gasteiger partial charge in [-0.3, -0.25) is 9.67 Å². The first-order valence-corrected chi connectivity index (χ1v) is 7.33. The van der Waals surface area contributed by atoms with E-state index in [1.807, 2.05) is 13.2 Å². The maximum absolute atomic E-state index is 14.3. The molecule has 3 heterocycles. The van der Waals surface area contributed by atoms with Gasteiger partial charge in [-0.25, -0.2) is 9.07 Å². The summed E-state index contributed by atoms with van der Waals surface area (Å²) in [4.78, 5) is 4.36. The molecule has 120 valence electrons. The molecule has 6 nitrogen and oxygen atoms in total. The smallest absolute Gasteiger partial charge is 0.136 e. The highest BCUT2D eigenvalue weighted by atomic mass is 19.1. The van der Waals surface area contributed by atoms with Gasteiger partial charge in [-0.15, -0.1) is 0 Å². The lowest BCUT2D eigenvalue weighted by Gasteiger charge is -2.09. The van der Waals surface area contributed by atoms with Crippen LogP contribution in [0.5, 0.6) is 5.75 Å². The molecule has 0 aliphatic carbocycles. The molecule has 0 unspecified atom stereocenters. The van der Waals surface area contributed by atoms with Crippen molar-refractivity contribution < 1.29 is 9.13 Å². The second-order valence-corrected chi connectivity index (χ2v) is 5.37. The van der Waals surface area contributed by atoms with Crippen LogP contribution in [-0.2, 0) is 7.05 Å². The standard InChI is InChI=1S/C17H14FN5O/c1-22-10-12(9-20-22)23-15-6-14(19-7-11(15)8-21-23)17-13(18)4-3-5-16(17)24-2/h3-10H,1-2H3.